The van der Waals surface area contributed by atoms with Gasteiger partial charge < -0.3 is 0 Å². The molecule has 2 unspecified atom stereocenters. The summed E-state index contributed by atoms with van der Waals surface area (Å²) in [5.74, 6) is 0. The third kappa shape index (κ3) is 6.71. The van der Waals surface area contributed by atoms with Crippen molar-refractivity contribution in [3.63, 3.8) is 0 Å². The zero-order valence-corrected chi connectivity index (χ0v) is 34.0. The summed E-state index contributed by atoms with van der Waals surface area (Å²) in [7, 11) is 0. The predicted octanol–water partition coefficient (Wildman–Crippen LogP) is 13.9. The Kier molecular flexibility index (Phi) is 12.0. The van der Waals surface area contributed by atoms with Crippen LogP contribution in [0.4, 0.5) is 0 Å². The van der Waals surface area contributed by atoms with Crippen LogP contribution in [0.25, 0.3) is 34.4 Å². The Bertz CT molecular complexity index is 1610. The first-order valence-corrected chi connectivity index (χ1v) is 27.2. The average molecular weight is 830 g/mol. The summed E-state index contributed by atoms with van der Waals surface area (Å²) in [5, 5.41) is 0. The van der Waals surface area contributed by atoms with E-state index in [1.807, 2.05) is 0 Å². The second-order valence-corrected chi connectivity index (χ2v) is 30.6. The fraction of sp³-hybridized carbons (Fsp3) is 0.364. The quantitative estimate of drug-likeness (QED) is 0.125. The van der Waals surface area contributed by atoms with Crippen LogP contribution in [0.5, 0.6) is 0 Å². The summed E-state index contributed by atoms with van der Waals surface area (Å²) < 4.78 is 4.53. The van der Waals surface area contributed by atoms with Gasteiger partial charge >= 0.3 is 279 Å². The van der Waals surface area contributed by atoms with Crippen LogP contribution in [0, 0.1) is 0 Å². The van der Waals surface area contributed by atoms with E-state index in [9.17, 15) is 0 Å². The van der Waals surface area contributed by atoms with Crippen molar-refractivity contribution in [1.82, 2.24) is 0 Å². The maximum absolute atomic E-state index is 2.93. The van der Waals surface area contributed by atoms with Gasteiger partial charge in [0.25, 0.3) is 0 Å². The molecule has 246 valence electrons. The first-order chi connectivity index (χ1) is 22.1. The molecule has 0 bridgehead atoms. The van der Waals surface area contributed by atoms with Crippen molar-refractivity contribution in [3.05, 3.63) is 129 Å². The molecule has 1 aliphatic heterocycles. The number of rotatable bonds is 12. The molecule has 4 aromatic rings. The standard InChI is InChI=1S/2C21H23.C2H4.2ClH.Hf/c2*1-3-5-7-17-14-19-8-6-9-20(21(19)15-17)18-12-10-16(4-2)11-13-18;1-2;;;/h2*6,8-15H,3-5,7H2,1-2H3;1-2H2;2*1H;. The van der Waals surface area contributed by atoms with Crippen LogP contribution < -0.4 is 0 Å². The first kappa shape index (κ1) is 36.1. The van der Waals surface area contributed by atoms with Gasteiger partial charge in [-0.2, -0.15) is 0 Å². The summed E-state index contributed by atoms with van der Waals surface area (Å²) in [6.45, 7) is 9.23. The molecule has 1 saturated heterocycles. The minimum absolute atomic E-state index is 0. The Labute approximate surface area is 301 Å². The van der Waals surface area contributed by atoms with E-state index in [0.29, 0.717) is 0 Å². The van der Waals surface area contributed by atoms with E-state index in [1.54, 1.807) is 41.8 Å². The molecular formula is C44H52Cl2Hf. The fourth-order valence-corrected chi connectivity index (χ4v) is 36.8. The molecule has 0 N–H and O–H groups in total. The van der Waals surface area contributed by atoms with E-state index in [-0.39, 0.29) is 24.8 Å². The third-order valence-corrected chi connectivity index (χ3v) is 30.4. The zero-order chi connectivity index (χ0) is 31.0. The summed E-state index contributed by atoms with van der Waals surface area (Å²) in [6.07, 6.45) is 15.2. The van der Waals surface area contributed by atoms with Crippen LogP contribution >= 0.6 is 24.8 Å². The van der Waals surface area contributed by atoms with E-state index < -0.39 is 20.0 Å². The van der Waals surface area contributed by atoms with E-state index in [0.717, 1.165) is 20.2 Å². The van der Waals surface area contributed by atoms with Gasteiger partial charge in [-0.1, -0.05) is 0 Å². The Balaban J connectivity index is 0.00000217. The van der Waals surface area contributed by atoms with Crippen molar-refractivity contribution in [2.24, 2.45) is 0 Å². The molecule has 0 amide bonds. The number of hydrogen-bond acceptors (Lipinski definition) is 0. The van der Waals surface area contributed by atoms with Crippen LogP contribution in [-0.2, 0) is 32.8 Å². The maximum atomic E-state index is 2.69. The van der Waals surface area contributed by atoms with E-state index in [1.165, 1.54) is 71.9 Å². The van der Waals surface area contributed by atoms with E-state index >= 15 is 0 Å². The monoisotopic (exact) mass is 830 g/mol. The minimum Gasteiger partial charge on any atom is -0.147 e. The fourth-order valence-electron chi connectivity index (χ4n) is 8.71. The van der Waals surface area contributed by atoms with Crippen LogP contribution in [0.15, 0.2) is 96.1 Å². The summed E-state index contributed by atoms with van der Waals surface area (Å²) in [6, 6.07) is 33.4. The molecule has 0 saturated carbocycles. The van der Waals surface area contributed by atoms with E-state index in [2.05, 4.69) is 125 Å². The SMILES string of the molecule is CCCCC1=Cc2c(-c3ccc(CC)cc3)cccc2[CH]1[Hf]1([CH]2C(CCCC)=Cc3c(-c4ccc(CC)cc4)cccc32)[CH2][CH2]1.Cl.Cl. The molecule has 4 aromatic carbocycles. The van der Waals surface area contributed by atoms with Crippen molar-refractivity contribution < 1.29 is 20.0 Å². The Morgan fingerprint density at radius 2 is 0.936 bits per heavy atom. The topological polar surface area (TPSA) is 0 Å². The Morgan fingerprint density at radius 1 is 0.532 bits per heavy atom. The van der Waals surface area contributed by atoms with Gasteiger partial charge in [0, 0.05) is 0 Å². The summed E-state index contributed by atoms with van der Waals surface area (Å²) in [4.78, 5) is 0. The molecular weight excluding hydrogens is 778 g/mol. The molecule has 0 aromatic heterocycles. The molecule has 2 aliphatic carbocycles. The number of benzene rings is 4. The van der Waals surface area contributed by atoms with Crippen molar-refractivity contribution in [2.45, 2.75) is 94.8 Å². The number of fused-ring (bicyclic) bond motifs is 2. The molecule has 0 radical (unpaired) electrons. The van der Waals surface area contributed by atoms with Crippen LogP contribution in [0.3, 0.4) is 0 Å². The molecule has 0 nitrogen and oxygen atoms in total. The molecule has 3 heteroatoms. The number of hydrogen-bond donors (Lipinski definition) is 0. The van der Waals surface area contributed by atoms with Crippen molar-refractivity contribution >= 4 is 37.0 Å². The van der Waals surface area contributed by atoms with Gasteiger partial charge in [-0.15, -0.1) is 24.8 Å². The predicted molar refractivity (Wildman–Crippen MR) is 207 cm³/mol. The molecule has 7 rings (SSSR count). The second-order valence-electron chi connectivity index (χ2n) is 14.0. The van der Waals surface area contributed by atoms with Gasteiger partial charge in [-0.3, -0.25) is 0 Å². The Hall–Kier alpha value is -2.19. The second kappa shape index (κ2) is 15.6. The van der Waals surface area contributed by atoms with Crippen LogP contribution in [0.2, 0.25) is 8.35 Å². The van der Waals surface area contributed by atoms with Gasteiger partial charge in [0.2, 0.25) is 0 Å². The number of aryl methyl sites for hydroxylation is 2. The first-order valence-electron chi connectivity index (χ1n) is 18.0. The van der Waals surface area contributed by atoms with Crippen molar-refractivity contribution in [3.8, 4) is 22.3 Å². The largest absolute Gasteiger partial charge is 0.147 e. The molecule has 2 atom stereocenters. The Morgan fingerprint density at radius 3 is 1.28 bits per heavy atom. The molecule has 1 fully saturated rings. The van der Waals surface area contributed by atoms with Gasteiger partial charge in [-0.05, 0) is 0 Å². The van der Waals surface area contributed by atoms with Gasteiger partial charge in [0.1, 0.15) is 0 Å². The molecule has 47 heavy (non-hydrogen) atoms. The maximum Gasteiger partial charge on any atom is -0.147 e. The van der Waals surface area contributed by atoms with Crippen molar-refractivity contribution in [2.75, 3.05) is 0 Å². The van der Waals surface area contributed by atoms with Gasteiger partial charge in [-0.25, -0.2) is 0 Å². The molecule has 1 heterocycles. The number of allylic oxidation sites excluding steroid dienone is 2. The molecule has 3 aliphatic rings. The van der Waals surface area contributed by atoms with Crippen molar-refractivity contribution in [1.29, 1.82) is 0 Å². The normalized spacial score (nSPS) is 18.4. The van der Waals surface area contributed by atoms with Crippen LogP contribution in [-0.4, -0.2) is 0 Å². The summed E-state index contributed by atoms with van der Waals surface area (Å²) in [5.41, 5.74) is 18.5. The summed E-state index contributed by atoms with van der Waals surface area (Å²) >= 11 is -2.93. The molecule has 0 spiro atoms. The van der Waals surface area contributed by atoms with Gasteiger partial charge in [0.05, 0.1) is 0 Å². The number of unbranched alkanes of at least 4 members (excludes halogenated alkanes) is 2. The zero-order valence-electron chi connectivity index (χ0n) is 28.8. The van der Waals surface area contributed by atoms with E-state index in [4.69, 9.17) is 0 Å². The average Bonchev–Trinajstić information content (AvgIpc) is 3.63. The number of halogens is 2. The smallest absolute Gasteiger partial charge is 0.147 e. The van der Waals surface area contributed by atoms with Crippen LogP contribution in [0.1, 0.15) is 107 Å². The van der Waals surface area contributed by atoms with Gasteiger partial charge in [0.15, 0.2) is 0 Å². The minimum atomic E-state index is -2.93. The third-order valence-electron chi connectivity index (χ3n) is 11.3.